The Bertz CT molecular complexity index is 515. The highest BCUT2D eigenvalue weighted by molar-refractivity contribution is 9.10. The number of hydrogen-bond acceptors (Lipinski definition) is 2. The first-order valence-corrected chi connectivity index (χ1v) is 7.10. The summed E-state index contributed by atoms with van der Waals surface area (Å²) in [5.41, 5.74) is 1.52. The van der Waals surface area contributed by atoms with Crippen LogP contribution in [0.15, 0.2) is 22.7 Å². The molecule has 1 saturated heterocycles. The summed E-state index contributed by atoms with van der Waals surface area (Å²) in [7, 11) is 0. The molecule has 2 rings (SSSR count). The second kappa shape index (κ2) is 5.74. The molecule has 1 fully saturated rings. The van der Waals surface area contributed by atoms with Crippen molar-refractivity contribution in [2.45, 2.75) is 32.2 Å². The molecule has 19 heavy (non-hydrogen) atoms. The number of carboxylic acids is 1. The first kappa shape index (κ1) is 14.1. The molecule has 1 heterocycles. The van der Waals surface area contributed by atoms with E-state index in [1.54, 1.807) is 6.07 Å². The number of hydrogen-bond donors (Lipinski definition) is 1. The second-order valence-electron chi connectivity index (χ2n) is 4.83. The predicted octanol–water partition coefficient (Wildman–Crippen LogP) is 2.84. The fourth-order valence-electron chi connectivity index (χ4n) is 2.39. The van der Waals surface area contributed by atoms with Gasteiger partial charge < -0.3 is 10.0 Å². The minimum atomic E-state index is -0.920. The Morgan fingerprint density at radius 3 is 2.79 bits per heavy atom. The van der Waals surface area contributed by atoms with E-state index in [0.29, 0.717) is 23.0 Å². The summed E-state index contributed by atoms with van der Waals surface area (Å²) in [6.45, 7) is 2.42. The lowest BCUT2D eigenvalue weighted by Crippen LogP contribution is -2.48. The van der Waals surface area contributed by atoms with Crippen LogP contribution in [0.1, 0.15) is 35.2 Å². The van der Waals surface area contributed by atoms with Gasteiger partial charge in [0.2, 0.25) is 0 Å². The van der Waals surface area contributed by atoms with Crippen molar-refractivity contribution in [3.05, 3.63) is 33.8 Å². The molecule has 4 nitrogen and oxygen atoms in total. The highest BCUT2D eigenvalue weighted by Gasteiger charge is 2.33. The van der Waals surface area contributed by atoms with E-state index in [4.69, 9.17) is 0 Å². The lowest BCUT2D eigenvalue weighted by atomic mass is 10.0. The first-order valence-electron chi connectivity index (χ1n) is 6.30. The van der Waals surface area contributed by atoms with Gasteiger partial charge in [0.15, 0.2) is 0 Å². The van der Waals surface area contributed by atoms with Crippen LogP contribution < -0.4 is 0 Å². The number of likely N-dealkylation sites (tertiary alicyclic amines) is 1. The van der Waals surface area contributed by atoms with E-state index < -0.39 is 12.0 Å². The molecule has 0 bridgehead atoms. The van der Waals surface area contributed by atoms with Crippen molar-refractivity contribution >= 4 is 27.8 Å². The molecule has 0 radical (unpaired) electrons. The molecule has 0 aromatic heterocycles. The van der Waals surface area contributed by atoms with Crippen molar-refractivity contribution in [3.8, 4) is 0 Å². The quantitative estimate of drug-likeness (QED) is 0.909. The Balaban J connectivity index is 2.31. The third kappa shape index (κ3) is 2.97. The third-order valence-corrected chi connectivity index (χ3v) is 4.09. The van der Waals surface area contributed by atoms with Crippen LogP contribution in [-0.4, -0.2) is 34.5 Å². The fourth-order valence-corrected chi connectivity index (χ4v) is 2.81. The molecule has 0 unspecified atom stereocenters. The Hall–Kier alpha value is -1.36. The van der Waals surface area contributed by atoms with Crippen LogP contribution in [0.2, 0.25) is 0 Å². The number of nitrogens with zero attached hydrogens (tertiary/aromatic N) is 1. The molecule has 0 spiro atoms. The van der Waals surface area contributed by atoms with Crippen LogP contribution in [-0.2, 0) is 4.79 Å². The van der Waals surface area contributed by atoms with Gasteiger partial charge in [0.25, 0.3) is 5.91 Å². The van der Waals surface area contributed by atoms with E-state index in [9.17, 15) is 14.7 Å². The normalized spacial score (nSPS) is 19.3. The van der Waals surface area contributed by atoms with Crippen molar-refractivity contribution in [1.82, 2.24) is 4.90 Å². The lowest BCUT2D eigenvalue weighted by molar-refractivity contribution is -0.143. The summed E-state index contributed by atoms with van der Waals surface area (Å²) in [6.07, 6.45) is 2.25. The monoisotopic (exact) mass is 325 g/mol. The maximum absolute atomic E-state index is 12.5. The SMILES string of the molecule is Cc1ccc(Br)c(C(=O)N2CCCC[C@@H]2C(=O)O)c1. The van der Waals surface area contributed by atoms with Gasteiger partial charge in [0.1, 0.15) is 6.04 Å². The molecule has 1 aliphatic heterocycles. The molecule has 0 aliphatic carbocycles. The van der Waals surface area contributed by atoms with Gasteiger partial charge in [0.05, 0.1) is 5.56 Å². The van der Waals surface area contributed by atoms with Crippen LogP contribution >= 0.6 is 15.9 Å². The molecule has 1 atom stereocenters. The van der Waals surface area contributed by atoms with E-state index in [-0.39, 0.29) is 5.91 Å². The van der Waals surface area contributed by atoms with Crippen molar-refractivity contribution in [1.29, 1.82) is 0 Å². The van der Waals surface area contributed by atoms with Crippen molar-refractivity contribution < 1.29 is 14.7 Å². The molecule has 1 aliphatic rings. The molecule has 1 aromatic rings. The number of rotatable bonds is 2. The van der Waals surface area contributed by atoms with Crippen LogP contribution in [0.25, 0.3) is 0 Å². The molecular formula is C14H16BrNO3. The number of benzene rings is 1. The van der Waals surface area contributed by atoms with Gasteiger partial charge in [-0.25, -0.2) is 4.79 Å². The van der Waals surface area contributed by atoms with Crippen molar-refractivity contribution in [2.75, 3.05) is 6.54 Å². The number of halogens is 1. The number of aliphatic carboxylic acids is 1. The molecular weight excluding hydrogens is 310 g/mol. The average Bonchev–Trinajstić information content (AvgIpc) is 2.40. The highest BCUT2D eigenvalue weighted by Crippen LogP contribution is 2.24. The zero-order chi connectivity index (χ0) is 14.0. The summed E-state index contributed by atoms with van der Waals surface area (Å²) in [5, 5.41) is 9.22. The zero-order valence-corrected chi connectivity index (χ0v) is 12.3. The number of aryl methyl sites for hydroxylation is 1. The summed E-state index contributed by atoms with van der Waals surface area (Å²) in [4.78, 5) is 25.2. The van der Waals surface area contributed by atoms with Gasteiger partial charge in [-0.3, -0.25) is 4.79 Å². The van der Waals surface area contributed by atoms with Crippen LogP contribution in [0.3, 0.4) is 0 Å². The van der Waals surface area contributed by atoms with Gasteiger partial charge >= 0.3 is 5.97 Å². The molecule has 5 heteroatoms. The molecule has 102 valence electrons. The van der Waals surface area contributed by atoms with E-state index in [1.165, 1.54) is 4.90 Å². The van der Waals surface area contributed by atoms with E-state index in [1.807, 2.05) is 19.1 Å². The highest BCUT2D eigenvalue weighted by atomic mass is 79.9. The smallest absolute Gasteiger partial charge is 0.326 e. The van der Waals surface area contributed by atoms with Crippen molar-refractivity contribution in [2.24, 2.45) is 0 Å². The van der Waals surface area contributed by atoms with Gasteiger partial charge in [-0.15, -0.1) is 0 Å². The van der Waals surface area contributed by atoms with Gasteiger partial charge in [-0.05, 0) is 54.2 Å². The summed E-state index contributed by atoms with van der Waals surface area (Å²) >= 11 is 3.36. The number of piperidine rings is 1. The zero-order valence-electron chi connectivity index (χ0n) is 10.7. The van der Waals surface area contributed by atoms with Crippen molar-refractivity contribution in [3.63, 3.8) is 0 Å². The standard InChI is InChI=1S/C14H16BrNO3/c1-9-5-6-11(15)10(8-9)13(17)16-7-3-2-4-12(16)14(18)19/h5-6,8,12H,2-4,7H2,1H3,(H,18,19)/t12-/m1/s1. The maximum Gasteiger partial charge on any atom is 0.326 e. The topological polar surface area (TPSA) is 57.6 Å². The number of carbonyl (C=O) groups excluding carboxylic acids is 1. The Morgan fingerprint density at radius 1 is 1.37 bits per heavy atom. The average molecular weight is 326 g/mol. The van der Waals surface area contributed by atoms with Gasteiger partial charge in [-0.2, -0.15) is 0 Å². The van der Waals surface area contributed by atoms with Gasteiger partial charge in [-0.1, -0.05) is 11.6 Å². The minimum Gasteiger partial charge on any atom is -0.480 e. The number of carbonyl (C=O) groups is 2. The lowest BCUT2D eigenvalue weighted by Gasteiger charge is -2.33. The Kier molecular flexibility index (Phi) is 4.24. The largest absolute Gasteiger partial charge is 0.480 e. The molecule has 1 aromatic carbocycles. The predicted molar refractivity (Wildman–Crippen MR) is 75.2 cm³/mol. The Morgan fingerprint density at radius 2 is 2.11 bits per heavy atom. The van der Waals surface area contributed by atoms with E-state index >= 15 is 0 Å². The first-order chi connectivity index (χ1) is 9.00. The number of amides is 1. The summed E-state index contributed by atoms with van der Waals surface area (Å²) in [6, 6.07) is 4.82. The summed E-state index contributed by atoms with van der Waals surface area (Å²) in [5.74, 6) is -1.13. The van der Waals surface area contributed by atoms with E-state index in [0.717, 1.165) is 18.4 Å². The second-order valence-corrected chi connectivity index (χ2v) is 5.69. The molecule has 1 amide bonds. The third-order valence-electron chi connectivity index (χ3n) is 3.40. The number of carboxylic acid groups (broad SMARTS) is 1. The van der Waals surface area contributed by atoms with Crippen LogP contribution in [0.4, 0.5) is 0 Å². The molecule has 1 N–H and O–H groups in total. The maximum atomic E-state index is 12.5. The fraction of sp³-hybridized carbons (Fsp3) is 0.429. The molecule has 0 saturated carbocycles. The minimum absolute atomic E-state index is 0.206. The van der Waals surface area contributed by atoms with Crippen LogP contribution in [0.5, 0.6) is 0 Å². The Labute approximate surface area is 120 Å². The summed E-state index contributed by atoms with van der Waals surface area (Å²) < 4.78 is 0.706. The van der Waals surface area contributed by atoms with Gasteiger partial charge in [0, 0.05) is 11.0 Å². The van der Waals surface area contributed by atoms with E-state index in [2.05, 4.69) is 15.9 Å². The van der Waals surface area contributed by atoms with Crippen LogP contribution in [0, 0.1) is 6.92 Å².